The van der Waals surface area contributed by atoms with Gasteiger partial charge in [0.25, 0.3) is 0 Å². The van der Waals surface area contributed by atoms with Gasteiger partial charge in [-0.15, -0.1) is 0 Å². The van der Waals surface area contributed by atoms with Gasteiger partial charge in [0, 0.05) is 43.6 Å². The molecule has 1 atom stereocenters. The molecular formula is C15H23N5. The van der Waals surface area contributed by atoms with Crippen LogP contribution in [0.1, 0.15) is 29.9 Å². The molecule has 0 radical (unpaired) electrons. The van der Waals surface area contributed by atoms with Crippen LogP contribution in [0.15, 0.2) is 30.6 Å². The van der Waals surface area contributed by atoms with Crippen molar-refractivity contribution in [3.05, 3.63) is 47.5 Å². The van der Waals surface area contributed by atoms with Gasteiger partial charge in [0.05, 0.1) is 11.9 Å². The lowest BCUT2D eigenvalue weighted by atomic mass is 10.1. The van der Waals surface area contributed by atoms with Crippen molar-refractivity contribution in [1.29, 1.82) is 0 Å². The molecule has 0 bridgehead atoms. The summed E-state index contributed by atoms with van der Waals surface area (Å²) in [6.07, 6.45) is 3.81. The van der Waals surface area contributed by atoms with Gasteiger partial charge in [0.1, 0.15) is 0 Å². The quantitative estimate of drug-likeness (QED) is 0.869. The maximum Gasteiger partial charge on any atom is 0.0547 e. The van der Waals surface area contributed by atoms with Crippen molar-refractivity contribution in [2.75, 3.05) is 13.1 Å². The molecule has 0 aliphatic carbocycles. The van der Waals surface area contributed by atoms with Gasteiger partial charge in [-0.1, -0.05) is 13.0 Å². The van der Waals surface area contributed by atoms with Crippen molar-refractivity contribution in [2.45, 2.75) is 26.4 Å². The Kier molecular flexibility index (Phi) is 4.87. The van der Waals surface area contributed by atoms with Crippen molar-refractivity contribution in [2.24, 2.45) is 12.8 Å². The van der Waals surface area contributed by atoms with Crippen LogP contribution in [0.5, 0.6) is 0 Å². The van der Waals surface area contributed by atoms with Crippen LogP contribution in [0.3, 0.4) is 0 Å². The minimum Gasteiger partial charge on any atom is -0.323 e. The molecule has 5 heteroatoms. The summed E-state index contributed by atoms with van der Waals surface area (Å²) in [5.41, 5.74) is 9.46. The van der Waals surface area contributed by atoms with Gasteiger partial charge in [0.15, 0.2) is 0 Å². The molecule has 108 valence electrons. The molecule has 0 aromatic carbocycles. The third kappa shape index (κ3) is 3.88. The minimum atomic E-state index is -0.0199. The zero-order valence-corrected chi connectivity index (χ0v) is 12.5. The van der Waals surface area contributed by atoms with Gasteiger partial charge in [-0.2, -0.15) is 5.10 Å². The average Bonchev–Trinajstić information content (AvgIpc) is 2.85. The molecule has 2 heterocycles. The van der Waals surface area contributed by atoms with Crippen LogP contribution in [0.2, 0.25) is 0 Å². The molecule has 5 nitrogen and oxygen atoms in total. The molecule has 0 aliphatic rings. The first-order valence-electron chi connectivity index (χ1n) is 6.97. The molecule has 0 saturated heterocycles. The second kappa shape index (κ2) is 6.63. The third-order valence-corrected chi connectivity index (χ3v) is 3.39. The molecule has 2 aromatic heterocycles. The highest BCUT2D eigenvalue weighted by Gasteiger charge is 2.13. The van der Waals surface area contributed by atoms with E-state index in [1.807, 2.05) is 38.5 Å². The third-order valence-electron chi connectivity index (χ3n) is 3.39. The predicted molar refractivity (Wildman–Crippen MR) is 80.1 cm³/mol. The topological polar surface area (TPSA) is 60.0 Å². The molecule has 2 N–H and O–H groups in total. The van der Waals surface area contributed by atoms with E-state index in [4.69, 9.17) is 5.73 Å². The molecule has 2 aromatic rings. The van der Waals surface area contributed by atoms with Crippen molar-refractivity contribution in [3.8, 4) is 0 Å². The van der Waals surface area contributed by atoms with Crippen LogP contribution in [-0.2, 0) is 13.6 Å². The SMILES string of the molecule is CCN(Cc1cccc(C)n1)CC(N)c1cnn(C)c1. The number of aromatic nitrogens is 3. The van der Waals surface area contributed by atoms with Crippen LogP contribution in [0.4, 0.5) is 0 Å². The molecule has 2 rings (SSSR count). The number of nitrogens with zero attached hydrogens (tertiary/aromatic N) is 4. The first-order valence-corrected chi connectivity index (χ1v) is 6.97. The summed E-state index contributed by atoms with van der Waals surface area (Å²) in [6.45, 7) is 6.74. The van der Waals surface area contributed by atoms with E-state index in [9.17, 15) is 0 Å². The summed E-state index contributed by atoms with van der Waals surface area (Å²) < 4.78 is 1.79. The Morgan fingerprint density at radius 2 is 2.20 bits per heavy atom. The maximum atomic E-state index is 6.25. The van der Waals surface area contributed by atoms with Gasteiger partial charge in [-0.3, -0.25) is 14.6 Å². The zero-order chi connectivity index (χ0) is 14.5. The predicted octanol–water partition coefficient (Wildman–Crippen LogP) is 1.65. The molecule has 0 fully saturated rings. The first kappa shape index (κ1) is 14.7. The number of rotatable bonds is 6. The van der Waals surface area contributed by atoms with Crippen LogP contribution in [0, 0.1) is 6.92 Å². The second-order valence-electron chi connectivity index (χ2n) is 5.15. The summed E-state index contributed by atoms with van der Waals surface area (Å²) in [7, 11) is 1.91. The van der Waals surface area contributed by atoms with E-state index >= 15 is 0 Å². The largest absolute Gasteiger partial charge is 0.323 e. The van der Waals surface area contributed by atoms with Gasteiger partial charge < -0.3 is 5.73 Å². The van der Waals surface area contributed by atoms with E-state index in [1.54, 1.807) is 4.68 Å². The Morgan fingerprint density at radius 3 is 2.80 bits per heavy atom. The van der Waals surface area contributed by atoms with E-state index in [1.165, 1.54) is 0 Å². The summed E-state index contributed by atoms with van der Waals surface area (Å²) in [5, 5.41) is 4.17. The van der Waals surface area contributed by atoms with Crippen molar-refractivity contribution in [3.63, 3.8) is 0 Å². The fourth-order valence-electron chi connectivity index (χ4n) is 2.24. The standard InChI is InChI=1S/C15H23N5/c1-4-20(10-14-7-5-6-12(2)18-14)11-15(16)13-8-17-19(3)9-13/h5-9,15H,4,10-11,16H2,1-3H3. The lowest BCUT2D eigenvalue weighted by Crippen LogP contribution is -2.32. The van der Waals surface area contributed by atoms with Crippen molar-refractivity contribution in [1.82, 2.24) is 19.7 Å². The highest BCUT2D eigenvalue weighted by atomic mass is 15.2. The van der Waals surface area contributed by atoms with Crippen molar-refractivity contribution < 1.29 is 0 Å². The highest BCUT2D eigenvalue weighted by Crippen LogP contribution is 2.12. The second-order valence-corrected chi connectivity index (χ2v) is 5.15. The minimum absolute atomic E-state index is 0.0199. The maximum absolute atomic E-state index is 6.25. The molecule has 0 spiro atoms. The fourth-order valence-corrected chi connectivity index (χ4v) is 2.24. The van der Waals surface area contributed by atoms with E-state index < -0.39 is 0 Å². The van der Waals surface area contributed by atoms with E-state index in [2.05, 4.69) is 28.0 Å². The first-order chi connectivity index (χ1) is 9.58. The average molecular weight is 273 g/mol. The smallest absolute Gasteiger partial charge is 0.0547 e. The van der Waals surface area contributed by atoms with Crippen LogP contribution in [0.25, 0.3) is 0 Å². The molecule has 0 aliphatic heterocycles. The lowest BCUT2D eigenvalue weighted by molar-refractivity contribution is 0.259. The fraction of sp³-hybridized carbons (Fsp3) is 0.467. The van der Waals surface area contributed by atoms with E-state index in [-0.39, 0.29) is 6.04 Å². The normalized spacial score (nSPS) is 12.8. The Balaban J connectivity index is 1.98. The van der Waals surface area contributed by atoms with Gasteiger partial charge in [-0.05, 0) is 25.6 Å². The summed E-state index contributed by atoms with van der Waals surface area (Å²) in [6, 6.07) is 6.10. The van der Waals surface area contributed by atoms with Gasteiger partial charge >= 0.3 is 0 Å². The van der Waals surface area contributed by atoms with Gasteiger partial charge in [-0.25, -0.2) is 0 Å². The zero-order valence-electron chi connectivity index (χ0n) is 12.5. The number of aryl methyl sites for hydroxylation is 2. The summed E-state index contributed by atoms with van der Waals surface area (Å²) >= 11 is 0. The Bertz CT molecular complexity index is 549. The molecule has 20 heavy (non-hydrogen) atoms. The number of hydrogen-bond acceptors (Lipinski definition) is 4. The van der Waals surface area contributed by atoms with Crippen LogP contribution < -0.4 is 5.73 Å². The van der Waals surface area contributed by atoms with E-state index in [0.29, 0.717) is 0 Å². The molecule has 0 amide bonds. The Hall–Kier alpha value is -1.72. The summed E-state index contributed by atoms with van der Waals surface area (Å²) in [4.78, 5) is 6.85. The lowest BCUT2D eigenvalue weighted by Gasteiger charge is -2.23. The number of likely N-dealkylation sites (N-methyl/N-ethyl adjacent to an activating group) is 1. The van der Waals surface area contributed by atoms with E-state index in [0.717, 1.165) is 36.6 Å². The van der Waals surface area contributed by atoms with Crippen LogP contribution >= 0.6 is 0 Å². The van der Waals surface area contributed by atoms with Gasteiger partial charge in [0.2, 0.25) is 0 Å². The number of nitrogens with two attached hydrogens (primary N) is 1. The Morgan fingerprint density at radius 1 is 1.40 bits per heavy atom. The Labute approximate surface area is 120 Å². The van der Waals surface area contributed by atoms with Crippen LogP contribution in [-0.4, -0.2) is 32.8 Å². The number of pyridine rings is 1. The molecule has 0 saturated carbocycles. The molecular weight excluding hydrogens is 250 g/mol. The number of hydrogen-bond donors (Lipinski definition) is 1. The van der Waals surface area contributed by atoms with Crippen molar-refractivity contribution >= 4 is 0 Å². The monoisotopic (exact) mass is 273 g/mol. The molecule has 1 unspecified atom stereocenters. The summed E-state index contributed by atoms with van der Waals surface area (Å²) in [5.74, 6) is 0. The highest BCUT2D eigenvalue weighted by molar-refractivity contribution is 5.12.